The van der Waals surface area contributed by atoms with Gasteiger partial charge < -0.3 is 9.42 Å². The van der Waals surface area contributed by atoms with Gasteiger partial charge in [0.15, 0.2) is 0 Å². The van der Waals surface area contributed by atoms with Crippen LogP contribution in [0.5, 0.6) is 0 Å². The second kappa shape index (κ2) is 8.16. The van der Waals surface area contributed by atoms with Crippen molar-refractivity contribution in [2.24, 2.45) is 0 Å². The third-order valence-corrected chi connectivity index (χ3v) is 5.88. The highest BCUT2D eigenvalue weighted by atomic mass is 35.5. The second-order valence-electron chi connectivity index (χ2n) is 7.75. The molecule has 1 fully saturated rings. The van der Waals surface area contributed by atoms with E-state index in [-0.39, 0.29) is 11.9 Å². The summed E-state index contributed by atoms with van der Waals surface area (Å²) in [6, 6.07) is 7.16. The maximum absolute atomic E-state index is 13.6. The van der Waals surface area contributed by atoms with E-state index in [4.69, 9.17) is 16.1 Å². The first-order valence-corrected chi connectivity index (χ1v) is 10.6. The Morgan fingerprint density at radius 2 is 1.97 bits per heavy atom. The van der Waals surface area contributed by atoms with Crippen molar-refractivity contribution in [3.05, 3.63) is 70.6 Å². The SMILES string of the molecule is Cc1ccc(-n2nccn2)c(C(=O)N2CCCC2c2nc(-c3c(C)ccnc3Cl)no2)c1. The second-order valence-corrected chi connectivity index (χ2v) is 8.10. The van der Waals surface area contributed by atoms with Crippen molar-refractivity contribution in [2.75, 3.05) is 6.54 Å². The highest BCUT2D eigenvalue weighted by molar-refractivity contribution is 6.32. The lowest BCUT2D eigenvalue weighted by molar-refractivity contribution is 0.0709. The van der Waals surface area contributed by atoms with Crippen molar-refractivity contribution >= 4 is 17.5 Å². The van der Waals surface area contributed by atoms with E-state index in [1.807, 2.05) is 38.1 Å². The summed E-state index contributed by atoms with van der Waals surface area (Å²) in [5, 5.41) is 12.8. The first-order chi connectivity index (χ1) is 15.5. The van der Waals surface area contributed by atoms with Crippen LogP contribution < -0.4 is 0 Å². The Morgan fingerprint density at radius 3 is 2.75 bits per heavy atom. The Balaban J connectivity index is 1.49. The smallest absolute Gasteiger partial charge is 0.256 e. The summed E-state index contributed by atoms with van der Waals surface area (Å²) in [7, 11) is 0. The van der Waals surface area contributed by atoms with Gasteiger partial charge in [-0.1, -0.05) is 28.4 Å². The first kappa shape index (κ1) is 20.3. The van der Waals surface area contributed by atoms with Gasteiger partial charge in [0.1, 0.15) is 11.2 Å². The predicted octanol–water partition coefficient (Wildman–Crippen LogP) is 3.96. The van der Waals surface area contributed by atoms with Gasteiger partial charge in [-0.05, 0) is 50.5 Å². The van der Waals surface area contributed by atoms with E-state index in [1.54, 1.807) is 23.5 Å². The molecule has 0 bridgehead atoms. The summed E-state index contributed by atoms with van der Waals surface area (Å²) >= 11 is 6.26. The van der Waals surface area contributed by atoms with Gasteiger partial charge in [0, 0.05) is 12.7 Å². The average molecular weight is 450 g/mol. The molecule has 162 valence electrons. The minimum Gasteiger partial charge on any atom is -0.337 e. The summed E-state index contributed by atoms with van der Waals surface area (Å²) in [4.78, 5) is 25.5. The number of hydrogen-bond acceptors (Lipinski definition) is 7. The van der Waals surface area contributed by atoms with E-state index in [9.17, 15) is 4.79 Å². The van der Waals surface area contributed by atoms with Gasteiger partial charge in [-0.15, -0.1) is 0 Å². The fourth-order valence-electron chi connectivity index (χ4n) is 4.02. The molecule has 32 heavy (non-hydrogen) atoms. The molecule has 0 spiro atoms. The average Bonchev–Trinajstić information content (AvgIpc) is 3.54. The first-order valence-electron chi connectivity index (χ1n) is 10.3. The van der Waals surface area contributed by atoms with Crippen LogP contribution in [0.4, 0.5) is 0 Å². The van der Waals surface area contributed by atoms with E-state index in [0.717, 1.165) is 24.0 Å². The Kier molecular flexibility index (Phi) is 5.18. The molecule has 1 amide bonds. The topological polar surface area (TPSA) is 103 Å². The molecule has 0 saturated carbocycles. The number of carbonyl (C=O) groups excluding carboxylic acids is 1. The van der Waals surface area contributed by atoms with Gasteiger partial charge in [-0.2, -0.15) is 20.0 Å². The fourth-order valence-corrected chi connectivity index (χ4v) is 4.31. The van der Waals surface area contributed by atoms with Crippen LogP contribution in [0.25, 0.3) is 17.1 Å². The number of hydrogen-bond donors (Lipinski definition) is 0. The number of likely N-dealkylation sites (tertiary alicyclic amines) is 1. The molecule has 4 heterocycles. The lowest BCUT2D eigenvalue weighted by Crippen LogP contribution is -2.31. The zero-order chi connectivity index (χ0) is 22.2. The monoisotopic (exact) mass is 449 g/mol. The van der Waals surface area contributed by atoms with Crippen LogP contribution in [-0.2, 0) is 0 Å². The van der Waals surface area contributed by atoms with Crippen molar-refractivity contribution in [1.82, 2.24) is 35.0 Å². The Hall–Kier alpha value is -3.59. The summed E-state index contributed by atoms with van der Waals surface area (Å²) in [5.74, 6) is 0.627. The molecule has 4 aromatic rings. The predicted molar refractivity (Wildman–Crippen MR) is 116 cm³/mol. The Bertz CT molecular complexity index is 1270. The number of rotatable bonds is 4. The maximum Gasteiger partial charge on any atom is 0.256 e. The molecule has 10 heteroatoms. The third kappa shape index (κ3) is 3.54. The highest BCUT2D eigenvalue weighted by Gasteiger charge is 2.36. The number of aromatic nitrogens is 6. The molecular weight excluding hydrogens is 430 g/mol. The molecule has 1 aromatic carbocycles. The van der Waals surface area contributed by atoms with Crippen LogP contribution in [0.3, 0.4) is 0 Å². The molecular formula is C22H20ClN7O2. The summed E-state index contributed by atoms with van der Waals surface area (Å²) in [6.07, 6.45) is 6.36. The molecule has 1 saturated heterocycles. The largest absolute Gasteiger partial charge is 0.337 e. The van der Waals surface area contributed by atoms with E-state index in [0.29, 0.717) is 40.2 Å². The Morgan fingerprint density at radius 1 is 1.16 bits per heavy atom. The molecule has 3 aromatic heterocycles. The number of pyridine rings is 1. The van der Waals surface area contributed by atoms with Gasteiger partial charge in [-0.3, -0.25) is 4.79 Å². The molecule has 9 nitrogen and oxygen atoms in total. The van der Waals surface area contributed by atoms with Crippen molar-refractivity contribution in [1.29, 1.82) is 0 Å². The van der Waals surface area contributed by atoms with Gasteiger partial charge in [0.05, 0.1) is 29.2 Å². The van der Waals surface area contributed by atoms with Crippen LogP contribution in [0, 0.1) is 13.8 Å². The van der Waals surface area contributed by atoms with Crippen LogP contribution in [0.2, 0.25) is 5.15 Å². The van der Waals surface area contributed by atoms with Gasteiger partial charge >= 0.3 is 0 Å². The van der Waals surface area contributed by atoms with E-state index < -0.39 is 0 Å². The van der Waals surface area contributed by atoms with Crippen LogP contribution >= 0.6 is 11.6 Å². The van der Waals surface area contributed by atoms with E-state index >= 15 is 0 Å². The molecule has 1 aliphatic heterocycles. The zero-order valence-corrected chi connectivity index (χ0v) is 18.3. The molecule has 5 rings (SSSR count). The number of halogens is 1. The molecule has 1 unspecified atom stereocenters. The maximum atomic E-state index is 13.6. The minimum absolute atomic E-state index is 0.126. The zero-order valence-electron chi connectivity index (χ0n) is 17.6. The molecule has 0 radical (unpaired) electrons. The minimum atomic E-state index is -0.321. The number of benzene rings is 1. The Labute approximate surface area is 189 Å². The molecule has 1 aliphatic rings. The number of aryl methyl sites for hydroxylation is 2. The van der Waals surface area contributed by atoms with E-state index in [2.05, 4.69) is 25.3 Å². The molecule has 0 aliphatic carbocycles. The lowest BCUT2D eigenvalue weighted by atomic mass is 10.1. The van der Waals surface area contributed by atoms with Crippen LogP contribution in [0.15, 0.2) is 47.4 Å². The summed E-state index contributed by atoms with van der Waals surface area (Å²) in [5.41, 5.74) is 3.65. The van der Waals surface area contributed by atoms with Gasteiger partial charge in [0.2, 0.25) is 11.7 Å². The summed E-state index contributed by atoms with van der Waals surface area (Å²) in [6.45, 7) is 4.45. The lowest BCUT2D eigenvalue weighted by Gasteiger charge is -2.23. The third-order valence-electron chi connectivity index (χ3n) is 5.59. The van der Waals surface area contributed by atoms with Gasteiger partial charge in [0.25, 0.3) is 5.91 Å². The standard InChI is InChI=1S/C22H20ClN7O2/c1-13-5-6-16(30-25-9-10-26-30)15(12-13)22(31)29-11-3-4-17(29)21-27-20(28-32-21)18-14(2)7-8-24-19(18)23/h5-10,12,17H,3-4,11H2,1-2H3. The van der Waals surface area contributed by atoms with E-state index in [1.165, 1.54) is 4.80 Å². The normalized spacial score (nSPS) is 16.0. The quantitative estimate of drug-likeness (QED) is 0.434. The van der Waals surface area contributed by atoms with Crippen molar-refractivity contribution in [3.8, 4) is 17.1 Å². The number of amides is 1. The van der Waals surface area contributed by atoms with Crippen LogP contribution in [-0.4, -0.2) is 47.5 Å². The number of carbonyl (C=O) groups is 1. The molecule has 0 N–H and O–H groups in total. The van der Waals surface area contributed by atoms with Gasteiger partial charge in [-0.25, -0.2) is 4.98 Å². The highest BCUT2D eigenvalue weighted by Crippen LogP contribution is 2.35. The fraction of sp³-hybridized carbons (Fsp3) is 0.273. The van der Waals surface area contributed by atoms with Crippen molar-refractivity contribution in [3.63, 3.8) is 0 Å². The van der Waals surface area contributed by atoms with Crippen molar-refractivity contribution in [2.45, 2.75) is 32.7 Å². The molecule has 1 atom stereocenters. The number of nitrogens with zero attached hydrogens (tertiary/aromatic N) is 7. The van der Waals surface area contributed by atoms with Crippen molar-refractivity contribution < 1.29 is 9.32 Å². The summed E-state index contributed by atoms with van der Waals surface area (Å²) < 4.78 is 5.58. The van der Waals surface area contributed by atoms with Crippen LogP contribution in [0.1, 0.15) is 46.3 Å².